The molecule has 0 spiro atoms. The first-order valence-corrected chi connectivity index (χ1v) is 16.1. The van der Waals surface area contributed by atoms with Crippen LogP contribution in [0.1, 0.15) is 65.5 Å². The van der Waals surface area contributed by atoms with Gasteiger partial charge in [-0.05, 0) is 92.7 Å². The maximum absolute atomic E-state index is 10.2. The third kappa shape index (κ3) is 4.16. The van der Waals surface area contributed by atoms with E-state index >= 15 is 0 Å². The Morgan fingerprint density at radius 1 is 0.333 bits per heavy atom. The number of hydrogen-bond acceptors (Lipinski definition) is 2. The van der Waals surface area contributed by atoms with Crippen LogP contribution >= 0.6 is 0 Å². The smallest absolute Gasteiger partial charge is 0.115 e. The summed E-state index contributed by atoms with van der Waals surface area (Å²) in [5.74, 6) is 0.593. The molecular formula is C43H36O2. The molecule has 0 radical (unpaired) electrons. The molecule has 0 heterocycles. The summed E-state index contributed by atoms with van der Waals surface area (Å²) in [7, 11) is 0. The number of rotatable bonds is 8. The fourth-order valence-corrected chi connectivity index (χ4v) is 8.55. The Kier molecular flexibility index (Phi) is 6.60. The Balaban J connectivity index is 1.14. The number of phenolic OH excluding ortho intramolecular Hbond substituents is 2. The molecule has 2 heteroatoms. The van der Waals surface area contributed by atoms with Gasteiger partial charge in [0.2, 0.25) is 0 Å². The Morgan fingerprint density at radius 2 is 0.622 bits per heavy atom. The van der Waals surface area contributed by atoms with Crippen LogP contribution in [0.25, 0.3) is 22.3 Å². The highest BCUT2D eigenvalue weighted by molar-refractivity contribution is 5.84. The average Bonchev–Trinajstić information content (AvgIpc) is 3.54. The van der Waals surface area contributed by atoms with Gasteiger partial charge in [0.15, 0.2) is 0 Å². The highest BCUT2D eigenvalue weighted by atomic mass is 16.3. The van der Waals surface area contributed by atoms with Crippen LogP contribution in [0, 0.1) is 0 Å². The number of aromatic hydroxyl groups is 2. The second-order valence-electron chi connectivity index (χ2n) is 12.6. The number of fused-ring (bicyclic) bond motifs is 6. The highest BCUT2D eigenvalue weighted by Gasteiger charge is 2.45. The van der Waals surface area contributed by atoms with Gasteiger partial charge >= 0.3 is 0 Å². The maximum atomic E-state index is 10.2. The van der Waals surface area contributed by atoms with Crippen molar-refractivity contribution in [1.82, 2.24) is 0 Å². The van der Waals surface area contributed by atoms with Gasteiger partial charge in [-0.25, -0.2) is 0 Å². The van der Waals surface area contributed by atoms with Crippen molar-refractivity contribution in [2.75, 3.05) is 0 Å². The van der Waals surface area contributed by atoms with E-state index in [1.54, 1.807) is 0 Å². The first-order chi connectivity index (χ1) is 22.1. The summed E-state index contributed by atoms with van der Waals surface area (Å²) in [6.45, 7) is 0. The first kappa shape index (κ1) is 27.5. The lowest BCUT2D eigenvalue weighted by Crippen LogP contribution is -2.28. The number of unbranched alkanes of at least 4 members (excludes halogenated alkanes) is 2. The van der Waals surface area contributed by atoms with Gasteiger partial charge in [0.1, 0.15) is 11.5 Å². The zero-order valence-corrected chi connectivity index (χ0v) is 25.3. The summed E-state index contributed by atoms with van der Waals surface area (Å²) in [6, 6.07) is 51.2. The molecule has 2 nitrogen and oxygen atoms in total. The SMILES string of the molecule is Oc1ccc(C2(CCCCCC3(c4ccc(O)cc4)c4ccccc4-c4ccccc43)c3ccccc3-c3ccccc32)cc1. The van der Waals surface area contributed by atoms with Crippen molar-refractivity contribution in [2.45, 2.75) is 42.9 Å². The predicted octanol–water partition coefficient (Wildman–Crippen LogP) is 10.4. The normalized spacial score (nSPS) is 14.8. The second kappa shape index (κ2) is 10.8. The van der Waals surface area contributed by atoms with Crippen LogP contribution in [-0.2, 0) is 10.8 Å². The second-order valence-corrected chi connectivity index (χ2v) is 12.6. The van der Waals surface area contributed by atoms with Crippen LogP contribution in [0.2, 0.25) is 0 Å². The minimum atomic E-state index is -0.262. The molecular weight excluding hydrogens is 548 g/mol. The molecule has 45 heavy (non-hydrogen) atoms. The van der Waals surface area contributed by atoms with Gasteiger partial charge in [-0.15, -0.1) is 0 Å². The van der Waals surface area contributed by atoms with Crippen LogP contribution in [0.15, 0.2) is 146 Å². The van der Waals surface area contributed by atoms with Gasteiger partial charge in [0.05, 0.1) is 0 Å². The monoisotopic (exact) mass is 584 g/mol. The molecule has 220 valence electrons. The topological polar surface area (TPSA) is 40.5 Å². The molecule has 0 unspecified atom stereocenters. The molecule has 0 fully saturated rings. The standard InChI is InChI=1S/C43H36O2/c44-32-24-20-30(21-25-32)42(38-16-6-2-12-34(38)35-13-3-7-17-39(35)42)28-10-1-11-29-43(31-22-26-33(45)27-23-31)40-18-8-4-14-36(40)37-15-5-9-19-41(37)43/h2-9,12-27,44-45H,1,10-11,28-29H2. The van der Waals surface area contributed by atoms with E-state index in [-0.39, 0.29) is 10.8 Å². The van der Waals surface area contributed by atoms with Crippen molar-refractivity contribution in [1.29, 1.82) is 0 Å². The van der Waals surface area contributed by atoms with Crippen LogP contribution < -0.4 is 0 Å². The summed E-state index contributed by atoms with van der Waals surface area (Å²) in [5, 5.41) is 20.4. The van der Waals surface area contributed by atoms with Gasteiger partial charge < -0.3 is 10.2 Å². The van der Waals surface area contributed by atoms with Crippen molar-refractivity contribution < 1.29 is 10.2 Å². The first-order valence-electron chi connectivity index (χ1n) is 16.1. The van der Waals surface area contributed by atoms with Gasteiger partial charge in [-0.2, -0.15) is 0 Å². The summed E-state index contributed by atoms with van der Waals surface area (Å²) < 4.78 is 0. The zero-order chi connectivity index (χ0) is 30.4. The molecule has 0 aliphatic heterocycles. The fraction of sp³-hybridized carbons (Fsp3) is 0.163. The van der Waals surface area contributed by atoms with Crippen molar-refractivity contribution in [3.05, 3.63) is 179 Å². The van der Waals surface area contributed by atoms with Crippen molar-refractivity contribution in [2.24, 2.45) is 0 Å². The third-order valence-electron chi connectivity index (χ3n) is 10.5. The molecule has 0 atom stereocenters. The molecule has 0 amide bonds. The van der Waals surface area contributed by atoms with E-state index in [1.807, 2.05) is 24.3 Å². The molecule has 2 N–H and O–H groups in total. The zero-order valence-electron chi connectivity index (χ0n) is 25.3. The quantitative estimate of drug-likeness (QED) is 0.175. The van der Waals surface area contributed by atoms with Crippen molar-refractivity contribution in [3.8, 4) is 33.8 Å². The van der Waals surface area contributed by atoms with Crippen LogP contribution in [0.4, 0.5) is 0 Å². The van der Waals surface area contributed by atoms with Crippen molar-refractivity contribution >= 4 is 0 Å². The Bertz CT molecular complexity index is 1760. The molecule has 0 saturated carbocycles. The largest absolute Gasteiger partial charge is 0.508 e. The summed E-state index contributed by atoms with van der Waals surface area (Å²) in [5.41, 5.74) is 12.6. The Morgan fingerprint density at radius 3 is 0.933 bits per heavy atom. The van der Waals surface area contributed by atoms with E-state index in [4.69, 9.17) is 0 Å². The average molecular weight is 585 g/mol. The Hall–Kier alpha value is -5.08. The van der Waals surface area contributed by atoms with E-state index < -0.39 is 0 Å². The van der Waals surface area contributed by atoms with Crippen molar-refractivity contribution in [3.63, 3.8) is 0 Å². The van der Waals surface area contributed by atoms with Crippen LogP contribution in [0.3, 0.4) is 0 Å². The molecule has 6 aromatic carbocycles. The number of phenols is 2. The molecule has 0 bridgehead atoms. The van der Waals surface area contributed by atoms with E-state index in [2.05, 4.69) is 121 Å². The van der Waals surface area contributed by atoms with E-state index in [1.165, 1.54) is 55.6 Å². The predicted molar refractivity (Wildman–Crippen MR) is 183 cm³/mol. The number of benzene rings is 6. The third-order valence-corrected chi connectivity index (χ3v) is 10.5. The van der Waals surface area contributed by atoms with Crippen LogP contribution in [0.5, 0.6) is 11.5 Å². The van der Waals surface area contributed by atoms with Crippen LogP contribution in [-0.4, -0.2) is 10.2 Å². The minimum Gasteiger partial charge on any atom is -0.508 e. The lowest BCUT2D eigenvalue weighted by atomic mass is 9.68. The molecule has 0 aromatic heterocycles. The maximum Gasteiger partial charge on any atom is 0.115 e. The highest BCUT2D eigenvalue weighted by Crippen LogP contribution is 2.57. The molecule has 6 aromatic rings. The molecule has 0 saturated heterocycles. The summed E-state index contributed by atoms with van der Waals surface area (Å²) in [4.78, 5) is 0. The number of hydrogen-bond donors (Lipinski definition) is 2. The van der Waals surface area contributed by atoms with Gasteiger partial charge in [-0.1, -0.05) is 141 Å². The van der Waals surface area contributed by atoms with E-state index in [9.17, 15) is 10.2 Å². The lowest BCUT2D eigenvalue weighted by Gasteiger charge is -2.34. The van der Waals surface area contributed by atoms with Gasteiger partial charge in [0.25, 0.3) is 0 Å². The van der Waals surface area contributed by atoms with E-state index in [0.717, 1.165) is 32.1 Å². The fourth-order valence-electron chi connectivity index (χ4n) is 8.55. The van der Waals surface area contributed by atoms with E-state index in [0.29, 0.717) is 11.5 Å². The molecule has 2 aliphatic carbocycles. The van der Waals surface area contributed by atoms with Gasteiger partial charge in [0, 0.05) is 10.8 Å². The summed E-state index contributed by atoms with van der Waals surface area (Å²) in [6.07, 6.45) is 5.21. The Labute approximate surface area is 265 Å². The van der Waals surface area contributed by atoms with Gasteiger partial charge in [-0.3, -0.25) is 0 Å². The summed E-state index contributed by atoms with van der Waals surface area (Å²) >= 11 is 0. The molecule has 8 rings (SSSR count). The minimum absolute atomic E-state index is 0.262. The lowest BCUT2D eigenvalue weighted by molar-refractivity contribution is 0.467. The molecule has 2 aliphatic rings.